The third kappa shape index (κ3) is 5.09. The predicted octanol–water partition coefficient (Wildman–Crippen LogP) is 3.73. The molecule has 1 N–H and O–H groups in total. The maximum absolute atomic E-state index is 10.8. The van der Waals surface area contributed by atoms with Gasteiger partial charge in [0.25, 0.3) is 0 Å². The molecule has 0 bridgehead atoms. The molecule has 0 aliphatic carbocycles. The Bertz CT molecular complexity index is 956. The standard InChI is InChI=1S/C21H17ClN2O3/c22-19-7-3-1-6-17(19)14-27-20-8-4-2-5-16(20)13-23-24-18-11-9-15(10-12-18)21(25)26/h1-13,24H,14H2,(H,25,26)/p-1/b23-13-. The maximum Gasteiger partial charge on any atom is 0.128 e. The van der Waals surface area contributed by atoms with Gasteiger partial charge in [0, 0.05) is 16.1 Å². The van der Waals surface area contributed by atoms with E-state index in [1.165, 1.54) is 12.1 Å². The summed E-state index contributed by atoms with van der Waals surface area (Å²) in [6.45, 7) is 0.350. The minimum atomic E-state index is -1.21. The number of hydrogen-bond acceptors (Lipinski definition) is 5. The molecule has 0 unspecified atom stereocenters. The van der Waals surface area contributed by atoms with E-state index in [1.807, 2.05) is 48.5 Å². The summed E-state index contributed by atoms with van der Waals surface area (Å²) >= 11 is 6.16. The summed E-state index contributed by atoms with van der Waals surface area (Å²) in [5, 5.41) is 15.6. The summed E-state index contributed by atoms with van der Waals surface area (Å²) < 4.78 is 5.87. The maximum atomic E-state index is 10.8. The van der Waals surface area contributed by atoms with Crippen LogP contribution in [0, 0.1) is 0 Å². The Balaban J connectivity index is 1.65. The molecule has 0 aromatic heterocycles. The molecule has 0 atom stereocenters. The normalized spacial score (nSPS) is 10.7. The minimum Gasteiger partial charge on any atom is -0.545 e. The number of carboxylic acids is 1. The van der Waals surface area contributed by atoms with E-state index in [1.54, 1.807) is 18.3 Å². The molecule has 27 heavy (non-hydrogen) atoms. The molecular weight excluding hydrogens is 364 g/mol. The molecule has 0 fully saturated rings. The Hall–Kier alpha value is -3.31. The van der Waals surface area contributed by atoms with Crippen molar-refractivity contribution in [3.63, 3.8) is 0 Å². The molecule has 0 radical (unpaired) electrons. The van der Waals surface area contributed by atoms with Gasteiger partial charge in [-0.15, -0.1) is 0 Å². The van der Waals surface area contributed by atoms with Crippen LogP contribution in [0.2, 0.25) is 5.02 Å². The lowest BCUT2D eigenvalue weighted by molar-refractivity contribution is -0.255. The largest absolute Gasteiger partial charge is 0.545 e. The van der Waals surface area contributed by atoms with Gasteiger partial charge in [0.05, 0.1) is 17.9 Å². The molecular formula is C21H16ClN2O3-. The number of nitrogens with zero attached hydrogens (tertiary/aromatic N) is 1. The van der Waals surface area contributed by atoms with Crippen molar-refractivity contribution in [1.29, 1.82) is 0 Å². The SMILES string of the molecule is O=C([O-])c1ccc(N/N=C\c2ccccc2OCc2ccccc2Cl)cc1. The molecule has 0 spiro atoms. The first-order valence-electron chi connectivity index (χ1n) is 8.19. The molecule has 0 saturated heterocycles. The second-order valence-corrected chi connectivity index (χ2v) is 6.06. The first-order chi connectivity index (χ1) is 13.1. The zero-order valence-corrected chi connectivity index (χ0v) is 15.0. The van der Waals surface area contributed by atoms with Crippen molar-refractivity contribution in [3.8, 4) is 5.75 Å². The fourth-order valence-corrected chi connectivity index (χ4v) is 2.54. The smallest absolute Gasteiger partial charge is 0.128 e. The third-order valence-corrected chi connectivity index (χ3v) is 4.15. The molecule has 0 aliphatic rings. The third-order valence-electron chi connectivity index (χ3n) is 3.78. The predicted molar refractivity (Wildman–Crippen MR) is 104 cm³/mol. The van der Waals surface area contributed by atoms with Gasteiger partial charge in [0.15, 0.2) is 0 Å². The molecule has 6 heteroatoms. The Morgan fingerprint density at radius 2 is 1.74 bits per heavy atom. The summed E-state index contributed by atoms with van der Waals surface area (Å²) in [4.78, 5) is 10.8. The number of carbonyl (C=O) groups excluding carboxylic acids is 1. The molecule has 5 nitrogen and oxygen atoms in total. The molecule has 3 aromatic rings. The van der Waals surface area contributed by atoms with Crippen LogP contribution in [-0.4, -0.2) is 12.2 Å². The van der Waals surface area contributed by atoms with Crippen molar-refractivity contribution in [2.24, 2.45) is 5.10 Å². The van der Waals surface area contributed by atoms with E-state index in [2.05, 4.69) is 10.5 Å². The van der Waals surface area contributed by atoms with Crippen LogP contribution in [0.5, 0.6) is 5.75 Å². The highest BCUT2D eigenvalue weighted by molar-refractivity contribution is 6.31. The van der Waals surface area contributed by atoms with Crippen molar-refractivity contribution in [2.45, 2.75) is 6.61 Å². The summed E-state index contributed by atoms with van der Waals surface area (Å²) in [5.41, 5.74) is 5.32. The highest BCUT2D eigenvalue weighted by Gasteiger charge is 2.04. The van der Waals surface area contributed by atoms with Crippen molar-refractivity contribution >= 4 is 29.5 Å². The van der Waals surface area contributed by atoms with Crippen LogP contribution in [-0.2, 0) is 6.61 Å². The lowest BCUT2D eigenvalue weighted by Crippen LogP contribution is -2.21. The van der Waals surface area contributed by atoms with E-state index in [4.69, 9.17) is 16.3 Å². The Kier molecular flexibility index (Phi) is 6.07. The van der Waals surface area contributed by atoms with Gasteiger partial charge in [0.1, 0.15) is 12.4 Å². The molecule has 3 rings (SSSR count). The number of ether oxygens (including phenoxy) is 1. The highest BCUT2D eigenvalue weighted by Crippen LogP contribution is 2.21. The van der Waals surface area contributed by atoms with Crippen LogP contribution in [0.1, 0.15) is 21.5 Å². The number of carbonyl (C=O) groups is 1. The minimum absolute atomic E-state index is 0.114. The average Bonchev–Trinajstić information content (AvgIpc) is 2.69. The Morgan fingerprint density at radius 1 is 1.04 bits per heavy atom. The van der Waals surface area contributed by atoms with Crippen LogP contribution in [0.3, 0.4) is 0 Å². The van der Waals surface area contributed by atoms with Crippen molar-refractivity contribution in [1.82, 2.24) is 0 Å². The molecule has 3 aromatic carbocycles. The lowest BCUT2D eigenvalue weighted by atomic mass is 10.2. The number of hydrazone groups is 1. The summed E-state index contributed by atoms with van der Waals surface area (Å²) in [7, 11) is 0. The summed E-state index contributed by atoms with van der Waals surface area (Å²) in [5.74, 6) is -0.537. The fourth-order valence-electron chi connectivity index (χ4n) is 2.35. The number of hydrogen-bond donors (Lipinski definition) is 1. The highest BCUT2D eigenvalue weighted by atomic mass is 35.5. The Morgan fingerprint density at radius 3 is 2.48 bits per heavy atom. The van der Waals surface area contributed by atoms with Crippen LogP contribution >= 0.6 is 11.6 Å². The monoisotopic (exact) mass is 379 g/mol. The fraction of sp³-hybridized carbons (Fsp3) is 0.0476. The zero-order valence-electron chi connectivity index (χ0n) is 14.3. The summed E-state index contributed by atoms with van der Waals surface area (Å²) in [6, 6.07) is 21.2. The van der Waals surface area contributed by atoms with E-state index >= 15 is 0 Å². The van der Waals surface area contributed by atoms with Crippen molar-refractivity contribution in [2.75, 3.05) is 5.43 Å². The zero-order chi connectivity index (χ0) is 19.1. The van der Waals surface area contributed by atoms with Crippen LogP contribution in [0.15, 0.2) is 77.9 Å². The second kappa shape index (κ2) is 8.87. The first-order valence-corrected chi connectivity index (χ1v) is 8.57. The van der Waals surface area contributed by atoms with Gasteiger partial charge >= 0.3 is 0 Å². The van der Waals surface area contributed by atoms with E-state index < -0.39 is 5.97 Å². The number of nitrogens with one attached hydrogen (secondary N) is 1. The number of benzene rings is 3. The lowest BCUT2D eigenvalue weighted by Gasteiger charge is -2.10. The van der Waals surface area contributed by atoms with E-state index in [0.717, 1.165) is 11.1 Å². The van der Waals surface area contributed by atoms with Crippen LogP contribution < -0.4 is 15.3 Å². The Labute approximate surface area is 161 Å². The van der Waals surface area contributed by atoms with Gasteiger partial charge in [-0.3, -0.25) is 5.43 Å². The number of carboxylic acid groups (broad SMARTS) is 1. The number of aromatic carboxylic acids is 1. The van der Waals surface area contributed by atoms with Crippen LogP contribution in [0.4, 0.5) is 5.69 Å². The van der Waals surface area contributed by atoms with E-state index in [0.29, 0.717) is 23.1 Å². The van der Waals surface area contributed by atoms with Gasteiger partial charge in [-0.05, 0) is 35.9 Å². The summed E-state index contributed by atoms with van der Waals surface area (Å²) in [6.07, 6.45) is 1.63. The van der Waals surface area contributed by atoms with Gasteiger partial charge < -0.3 is 14.6 Å². The van der Waals surface area contributed by atoms with Crippen LogP contribution in [0.25, 0.3) is 0 Å². The average molecular weight is 380 g/mol. The number of para-hydroxylation sites is 1. The number of halogens is 1. The van der Waals surface area contributed by atoms with E-state index in [-0.39, 0.29) is 5.56 Å². The second-order valence-electron chi connectivity index (χ2n) is 5.65. The topological polar surface area (TPSA) is 73.8 Å². The van der Waals surface area contributed by atoms with Crippen molar-refractivity contribution < 1.29 is 14.6 Å². The first kappa shape index (κ1) is 18.5. The molecule has 136 valence electrons. The van der Waals surface area contributed by atoms with E-state index in [9.17, 15) is 9.90 Å². The van der Waals surface area contributed by atoms with Crippen molar-refractivity contribution in [3.05, 3.63) is 94.5 Å². The quantitative estimate of drug-likeness (QED) is 0.501. The molecule has 0 amide bonds. The molecule has 0 heterocycles. The molecule has 0 saturated carbocycles. The van der Waals surface area contributed by atoms with Gasteiger partial charge in [-0.25, -0.2) is 0 Å². The number of rotatable bonds is 7. The van der Waals surface area contributed by atoms with Gasteiger partial charge in [0.2, 0.25) is 0 Å². The number of anilines is 1. The molecule has 0 aliphatic heterocycles. The van der Waals surface area contributed by atoms with Gasteiger partial charge in [-0.2, -0.15) is 5.10 Å². The van der Waals surface area contributed by atoms with Gasteiger partial charge in [-0.1, -0.05) is 54.1 Å².